The first-order valence-electron chi connectivity index (χ1n) is 5.51. The van der Waals surface area contributed by atoms with Crippen molar-refractivity contribution < 1.29 is 19.8 Å². The van der Waals surface area contributed by atoms with E-state index in [0.717, 1.165) is 19.3 Å². The lowest BCUT2D eigenvalue weighted by Crippen LogP contribution is -2.45. The predicted octanol–water partition coefficient (Wildman–Crippen LogP) is 0.0159. The largest absolute Gasteiger partial charge is 0.479 e. The molecule has 92 valence electrons. The van der Waals surface area contributed by atoms with Gasteiger partial charge in [-0.1, -0.05) is 6.92 Å². The monoisotopic (exact) mass is 230 g/mol. The molecule has 1 fully saturated rings. The van der Waals surface area contributed by atoms with Crippen LogP contribution in [-0.4, -0.2) is 52.3 Å². The molecule has 6 heteroatoms. The summed E-state index contributed by atoms with van der Waals surface area (Å²) in [6.07, 6.45) is 1.35. The average molecular weight is 230 g/mol. The molecule has 0 aromatic heterocycles. The Hall–Kier alpha value is -1.30. The van der Waals surface area contributed by atoms with Gasteiger partial charge in [0, 0.05) is 12.6 Å². The SMILES string of the molecule is CCCN(C(=O)NC[C@H](O)C(=O)O)C1CC1. The summed E-state index contributed by atoms with van der Waals surface area (Å²) in [5.74, 6) is -1.33. The Morgan fingerprint density at radius 1 is 1.50 bits per heavy atom. The van der Waals surface area contributed by atoms with Crippen LogP contribution in [0.3, 0.4) is 0 Å². The quantitative estimate of drug-likeness (QED) is 0.600. The van der Waals surface area contributed by atoms with Crippen molar-refractivity contribution in [2.75, 3.05) is 13.1 Å². The maximum Gasteiger partial charge on any atom is 0.334 e. The van der Waals surface area contributed by atoms with Crippen molar-refractivity contribution in [2.24, 2.45) is 0 Å². The van der Waals surface area contributed by atoms with Crippen LogP contribution in [0.25, 0.3) is 0 Å². The summed E-state index contributed by atoms with van der Waals surface area (Å²) >= 11 is 0. The summed E-state index contributed by atoms with van der Waals surface area (Å²) in [5, 5.41) is 19.9. The van der Waals surface area contributed by atoms with Crippen LogP contribution in [0, 0.1) is 0 Å². The van der Waals surface area contributed by atoms with Crippen molar-refractivity contribution in [1.29, 1.82) is 0 Å². The van der Waals surface area contributed by atoms with Gasteiger partial charge in [-0.25, -0.2) is 9.59 Å². The molecule has 6 nitrogen and oxygen atoms in total. The van der Waals surface area contributed by atoms with Crippen molar-refractivity contribution in [2.45, 2.75) is 38.3 Å². The fourth-order valence-electron chi connectivity index (χ4n) is 1.45. The van der Waals surface area contributed by atoms with E-state index in [2.05, 4.69) is 5.32 Å². The lowest BCUT2D eigenvalue weighted by Gasteiger charge is -2.22. The second kappa shape index (κ2) is 5.69. The van der Waals surface area contributed by atoms with Crippen LogP contribution < -0.4 is 5.32 Å². The zero-order valence-corrected chi connectivity index (χ0v) is 9.35. The molecular formula is C10H18N2O4. The Balaban J connectivity index is 2.34. The van der Waals surface area contributed by atoms with Crippen molar-refractivity contribution in [1.82, 2.24) is 10.2 Å². The third-order valence-corrected chi connectivity index (χ3v) is 2.44. The first-order chi connectivity index (χ1) is 7.56. The summed E-state index contributed by atoms with van der Waals surface area (Å²) in [6, 6.07) is 0.00608. The molecule has 2 amide bonds. The number of aliphatic hydroxyl groups is 1. The average Bonchev–Trinajstić information content (AvgIpc) is 3.05. The minimum Gasteiger partial charge on any atom is -0.479 e. The number of hydrogen-bond donors (Lipinski definition) is 3. The molecule has 0 bridgehead atoms. The smallest absolute Gasteiger partial charge is 0.334 e. The Morgan fingerprint density at radius 3 is 2.56 bits per heavy atom. The van der Waals surface area contributed by atoms with Crippen LogP contribution in [0.4, 0.5) is 4.79 Å². The van der Waals surface area contributed by atoms with Crippen LogP contribution >= 0.6 is 0 Å². The lowest BCUT2D eigenvalue weighted by atomic mass is 10.3. The van der Waals surface area contributed by atoms with Crippen LogP contribution in [0.2, 0.25) is 0 Å². The minimum absolute atomic E-state index is 0.249. The number of hydrogen-bond acceptors (Lipinski definition) is 3. The van der Waals surface area contributed by atoms with E-state index in [1.165, 1.54) is 0 Å². The second-order valence-electron chi connectivity index (χ2n) is 3.96. The minimum atomic E-state index is -1.54. The molecule has 1 saturated carbocycles. The number of aliphatic hydroxyl groups excluding tert-OH is 1. The highest BCUT2D eigenvalue weighted by Gasteiger charge is 2.32. The fourth-order valence-corrected chi connectivity index (χ4v) is 1.45. The molecule has 0 unspecified atom stereocenters. The normalized spacial score (nSPS) is 16.6. The third kappa shape index (κ3) is 3.69. The predicted molar refractivity (Wildman–Crippen MR) is 57.1 cm³/mol. The zero-order chi connectivity index (χ0) is 12.1. The zero-order valence-electron chi connectivity index (χ0n) is 9.35. The molecule has 0 aliphatic heterocycles. The molecule has 0 saturated heterocycles. The van der Waals surface area contributed by atoms with E-state index in [-0.39, 0.29) is 12.6 Å². The van der Waals surface area contributed by atoms with Gasteiger partial charge in [0.15, 0.2) is 6.10 Å². The fraction of sp³-hybridized carbons (Fsp3) is 0.800. The number of urea groups is 1. The summed E-state index contributed by atoms with van der Waals surface area (Å²) in [4.78, 5) is 23.7. The van der Waals surface area contributed by atoms with Gasteiger partial charge in [-0.15, -0.1) is 0 Å². The van der Waals surface area contributed by atoms with Crippen LogP contribution in [0.1, 0.15) is 26.2 Å². The Kier molecular flexibility index (Phi) is 4.54. The van der Waals surface area contributed by atoms with Gasteiger partial charge in [-0.05, 0) is 19.3 Å². The number of aliphatic carboxylic acids is 1. The summed E-state index contributed by atoms with van der Waals surface area (Å²) in [5.41, 5.74) is 0. The number of carboxylic acids is 1. The van der Waals surface area contributed by atoms with Gasteiger partial charge >= 0.3 is 12.0 Å². The summed E-state index contributed by atoms with van der Waals surface area (Å²) in [6.45, 7) is 2.40. The van der Waals surface area contributed by atoms with Gasteiger partial charge in [0.2, 0.25) is 0 Å². The maximum atomic E-state index is 11.7. The van der Waals surface area contributed by atoms with E-state index in [4.69, 9.17) is 10.2 Å². The van der Waals surface area contributed by atoms with Gasteiger partial charge in [0.05, 0.1) is 6.54 Å². The number of nitrogens with one attached hydrogen (secondary N) is 1. The first-order valence-corrected chi connectivity index (χ1v) is 5.51. The molecule has 1 aliphatic rings. The molecule has 3 N–H and O–H groups in total. The molecule has 0 aromatic carbocycles. The molecule has 0 radical (unpaired) electrons. The van der Waals surface area contributed by atoms with Crippen molar-refractivity contribution in [3.63, 3.8) is 0 Å². The van der Waals surface area contributed by atoms with Crippen LogP contribution in [0.15, 0.2) is 0 Å². The molecule has 16 heavy (non-hydrogen) atoms. The number of carbonyl (C=O) groups is 2. The van der Waals surface area contributed by atoms with Gasteiger partial charge in [0.25, 0.3) is 0 Å². The van der Waals surface area contributed by atoms with Crippen molar-refractivity contribution in [3.8, 4) is 0 Å². The highest BCUT2D eigenvalue weighted by atomic mass is 16.4. The van der Waals surface area contributed by atoms with E-state index in [0.29, 0.717) is 12.6 Å². The number of carbonyl (C=O) groups excluding carboxylic acids is 1. The lowest BCUT2D eigenvalue weighted by molar-refractivity contribution is -0.146. The van der Waals surface area contributed by atoms with Crippen LogP contribution in [0.5, 0.6) is 0 Å². The number of amides is 2. The molecule has 1 atom stereocenters. The van der Waals surface area contributed by atoms with Gasteiger partial charge in [-0.2, -0.15) is 0 Å². The van der Waals surface area contributed by atoms with E-state index < -0.39 is 12.1 Å². The van der Waals surface area contributed by atoms with Crippen LogP contribution in [-0.2, 0) is 4.79 Å². The summed E-state index contributed by atoms with van der Waals surface area (Å²) in [7, 11) is 0. The van der Waals surface area contributed by atoms with Gasteiger partial charge in [0.1, 0.15) is 0 Å². The highest BCUT2D eigenvalue weighted by molar-refractivity contribution is 5.77. The van der Waals surface area contributed by atoms with Crippen molar-refractivity contribution >= 4 is 12.0 Å². The van der Waals surface area contributed by atoms with Gasteiger partial charge < -0.3 is 20.4 Å². The standard InChI is InChI=1S/C10H18N2O4/c1-2-5-12(7-3-4-7)10(16)11-6-8(13)9(14)15/h7-8,13H,2-6H2,1H3,(H,11,16)(H,14,15)/t8-/m0/s1. The van der Waals surface area contributed by atoms with E-state index in [1.807, 2.05) is 6.92 Å². The van der Waals surface area contributed by atoms with E-state index in [9.17, 15) is 9.59 Å². The first kappa shape index (κ1) is 12.8. The second-order valence-corrected chi connectivity index (χ2v) is 3.96. The molecule has 0 spiro atoms. The Morgan fingerprint density at radius 2 is 2.12 bits per heavy atom. The van der Waals surface area contributed by atoms with Gasteiger partial charge in [-0.3, -0.25) is 0 Å². The Labute approximate surface area is 94.2 Å². The van der Waals surface area contributed by atoms with E-state index in [1.54, 1.807) is 4.90 Å². The highest BCUT2D eigenvalue weighted by Crippen LogP contribution is 2.26. The molecule has 0 heterocycles. The topological polar surface area (TPSA) is 89.9 Å². The number of nitrogens with zero attached hydrogens (tertiary/aromatic N) is 1. The molecule has 1 rings (SSSR count). The summed E-state index contributed by atoms with van der Waals surface area (Å²) < 4.78 is 0. The van der Waals surface area contributed by atoms with Crippen molar-refractivity contribution in [3.05, 3.63) is 0 Å². The Bertz CT molecular complexity index is 266. The number of rotatable bonds is 6. The molecular weight excluding hydrogens is 212 g/mol. The number of carboxylic acid groups (broad SMARTS) is 1. The molecule has 0 aromatic rings. The maximum absolute atomic E-state index is 11.7. The third-order valence-electron chi connectivity index (χ3n) is 2.44. The van der Waals surface area contributed by atoms with E-state index >= 15 is 0 Å². The molecule has 1 aliphatic carbocycles.